The second-order valence-corrected chi connectivity index (χ2v) is 7.11. The molecule has 0 radical (unpaired) electrons. The fourth-order valence-electron chi connectivity index (χ4n) is 2.00. The lowest BCUT2D eigenvalue weighted by Crippen LogP contribution is -2.40. The summed E-state index contributed by atoms with van der Waals surface area (Å²) in [5.41, 5.74) is 5.59. The van der Waals surface area contributed by atoms with Gasteiger partial charge in [-0.25, -0.2) is 13.1 Å². The molecule has 0 heterocycles. The van der Waals surface area contributed by atoms with Gasteiger partial charge in [0.2, 0.25) is 10.0 Å². The van der Waals surface area contributed by atoms with E-state index in [2.05, 4.69) is 4.72 Å². The van der Waals surface area contributed by atoms with Crippen molar-refractivity contribution in [1.82, 2.24) is 4.72 Å². The molecule has 132 valence electrons. The summed E-state index contributed by atoms with van der Waals surface area (Å²) in [6, 6.07) is 2.12. The number of hydrogen-bond acceptors (Lipinski definition) is 5. The number of sulfonamides is 1. The van der Waals surface area contributed by atoms with E-state index in [1.165, 1.54) is 12.1 Å². The molecule has 0 bridgehead atoms. The van der Waals surface area contributed by atoms with Crippen molar-refractivity contribution < 1.29 is 13.3 Å². The highest BCUT2D eigenvalue weighted by atomic mass is 35.5. The van der Waals surface area contributed by atoms with E-state index in [4.69, 9.17) is 17.3 Å². The maximum atomic E-state index is 12.4. The maximum Gasteiger partial charge on any atom is 0.289 e. The Bertz CT molecular complexity index is 653. The zero-order valence-electron chi connectivity index (χ0n) is 12.9. The first-order valence-corrected chi connectivity index (χ1v) is 8.76. The SMILES string of the molecule is CCCCC(CN)NS(=O)(=O)c1cc(C)cc([N+](=O)[O-])c1Cl.Cl. The van der Waals surface area contributed by atoms with Crippen molar-refractivity contribution in [3.8, 4) is 0 Å². The molecule has 1 unspecified atom stereocenters. The highest BCUT2D eigenvalue weighted by molar-refractivity contribution is 7.89. The Morgan fingerprint density at radius 1 is 1.43 bits per heavy atom. The minimum absolute atomic E-state index is 0. The summed E-state index contributed by atoms with van der Waals surface area (Å²) >= 11 is 5.90. The van der Waals surface area contributed by atoms with Gasteiger partial charge in [0.1, 0.15) is 9.92 Å². The van der Waals surface area contributed by atoms with Gasteiger partial charge in [0.05, 0.1) is 4.92 Å². The molecule has 0 aromatic heterocycles. The Hall–Kier alpha value is -0.930. The molecule has 0 saturated heterocycles. The van der Waals surface area contributed by atoms with E-state index >= 15 is 0 Å². The van der Waals surface area contributed by atoms with E-state index < -0.39 is 31.7 Å². The molecule has 3 N–H and O–H groups in total. The molecule has 1 atom stereocenters. The number of nitro groups is 1. The van der Waals surface area contributed by atoms with Gasteiger partial charge in [-0.15, -0.1) is 12.4 Å². The first-order valence-electron chi connectivity index (χ1n) is 6.89. The molecular formula is C13H21Cl2N3O4S. The zero-order valence-corrected chi connectivity index (χ0v) is 15.3. The Labute approximate surface area is 147 Å². The van der Waals surface area contributed by atoms with Crippen LogP contribution in [0.3, 0.4) is 0 Å². The summed E-state index contributed by atoms with van der Waals surface area (Å²) in [5.74, 6) is 0. The van der Waals surface area contributed by atoms with Crippen LogP contribution in [0.4, 0.5) is 5.69 Å². The highest BCUT2D eigenvalue weighted by Crippen LogP contribution is 2.32. The van der Waals surface area contributed by atoms with E-state index in [0.29, 0.717) is 12.0 Å². The predicted molar refractivity (Wildman–Crippen MR) is 92.8 cm³/mol. The number of rotatable bonds is 8. The van der Waals surface area contributed by atoms with Gasteiger partial charge in [-0.05, 0) is 25.0 Å². The number of aryl methyl sites for hydroxylation is 1. The molecule has 1 aromatic rings. The van der Waals surface area contributed by atoms with Gasteiger partial charge in [-0.1, -0.05) is 31.4 Å². The lowest BCUT2D eigenvalue weighted by molar-refractivity contribution is -0.385. The van der Waals surface area contributed by atoms with Gasteiger partial charge in [0.25, 0.3) is 5.69 Å². The molecule has 1 aromatic carbocycles. The topological polar surface area (TPSA) is 115 Å². The van der Waals surface area contributed by atoms with E-state index in [0.717, 1.165) is 12.8 Å². The Morgan fingerprint density at radius 2 is 2.04 bits per heavy atom. The van der Waals surface area contributed by atoms with Crippen LogP contribution in [0.15, 0.2) is 17.0 Å². The van der Waals surface area contributed by atoms with E-state index in [-0.39, 0.29) is 23.8 Å². The monoisotopic (exact) mass is 385 g/mol. The molecule has 0 amide bonds. The zero-order chi connectivity index (χ0) is 16.9. The maximum absolute atomic E-state index is 12.4. The van der Waals surface area contributed by atoms with Crippen LogP contribution < -0.4 is 10.5 Å². The van der Waals surface area contributed by atoms with Gasteiger partial charge in [0.15, 0.2) is 0 Å². The van der Waals surface area contributed by atoms with Crippen molar-refractivity contribution in [2.24, 2.45) is 5.73 Å². The number of unbranched alkanes of at least 4 members (excludes halogenated alkanes) is 1. The van der Waals surface area contributed by atoms with Gasteiger partial charge >= 0.3 is 0 Å². The van der Waals surface area contributed by atoms with E-state index in [1.54, 1.807) is 6.92 Å². The number of nitrogens with one attached hydrogen (secondary N) is 1. The van der Waals surface area contributed by atoms with Crippen LogP contribution in [0.5, 0.6) is 0 Å². The number of benzene rings is 1. The lowest BCUT2D eigenvalue weighted by atomic mass is 10.1. The third-order valence-electron chi connectivity index (χ3n) is 3.16. The van der Waals surface area contributed by atoms with Crippen molar-refractivity contribution in [2.45, 2.75) is 44.0 Å². The number of hydrogen-bond donors (Lipinski definition) is 2. The first-order chi connectivity index (χ1) is 10.2. The minimum Gasteiger partial charge on any atom is -0.329 e. The Morgan fingerprint density at radius 3 is 2.52 bits per heavy atom. The van der Waals surface area contributed by atoms with Gasteiger partial charge < -0.3 is 5.73 Å². The summed E-state index contributed by atoms with van der Waals surface area (Å²) in [4.78, 5) is 9.96. The molecule has 7 nitrogen and oxygen atoms in total. The fraction of sp³-hybridized carbons (Fsp3) is 0.538. The molecule has 0 aliphatic rings. The number of halogens is 2. The molecule has 0 spiro atoms. The molecule has 0 aliphatic heterocycles. The molecule has 0 aliphatic carbocycles. The van der Waals surface area contributed by atoms with Crippen LogP contribution in [-0.2, 0) is 10.0 Å². The van der Waals surface area contributed by atoms with Crippen LogP contribution in [0.1, 0.15) is 31.7 Å². The number of nitro benzene ring substituents is 1. The van der Waals surface area contributed by atoms with Crippen molar-refractivity contribution in [1.29, 1.82) is 0 Å². The van der Waals surface area contributed by atoms with Crippen molar-refractivity contribution in [2.75, 3.05) is 6.54 Å². The Balaban J connectivity index is 0.00000484. The molecule has 0 saturated carbocycles. The third-order valence-corrected chi connectivity index (χ3v) is 5.22. The van der Waals surface area contributed by atoms with Gasteiger partial charge in [-0.3, -0.25) is 10.1 Å². The third kappa shape index (κ3) is 5.89. The molecule has 0 fully saturated rings. The van der Waals surface area contributed by atoms with Crippen LogP contribution in [0.25, 0.3) is 0 Å². The summed E-state index contributed by atoms with van der Waals surface area (Å²) < 4.78 is 27.3. The average molecular weight is 386 g/mol. The smallest absolute Gasteiger partial charge is 0.289 e. The number of nitrogens with two attached hydrogens (primary N) is 1. The molecule has 1 rings (SSSR count). The van der Waals surface area contributed by atoms with Crippen LogP contribution in [0, 0.1) is 17.0 Å². The largest absolute Gasteiger partial charge is 0.329 e. The van der Waals surface area contributed by atoms with Crippen LogP contribution in [0.2, 0.25) is 5.02 Å². The summed E-state index contributed by atoms with van der Waals surface area (Å²) in [5, 5.41) is 10.6. The van der Waals surface area contributed by atoms with Crippen molar-refractivity contribution >= 4 is 39.7 Å². The van der Waals surface area contributed by atoms with Crippen molar-refractivity contribution in [3.63, 3.8) is 0 Å². The van der Waals surface area contributed by atoms with E-state index in [9.17, 15) is 18.5 Å². The van der Waals surface area contributed by atoms with E-state index in [1.807, 2.05) is 6.92 Å². The number of nitrogens with zero attached hydrogens (tertiary/aromatic N) is 1. The minimum atomic E-state index is -3.98. The quantitative estimate of drug-likeness (QED) is 0.527. The normalized spacial score (nSPS) is 12.5. The summed E-state index contributed by atoms with van der Waals surface area (Å²) in [7, 11) is -3.98. The van der Waals surface area contributed by atoms with Crippen molar-refractivity contribution in [3.05, 3.63) is 32.8 Å². The molecular weight excluding hydrogens is 365 g/mol. The molecule has 10 heteroatoms. The fourth-order valence-corrected chi connectivity index (χ4v) is 3.95. The van der Waals surface area contributed by atoms with Crippen LogP contribution >= 0.6 is 24.0 Å². The van der Waals surface area contributed by atoms with Crippen LogP contribution in [-0.4, -0.2) is 25.9 Å². The first kappa shape index (κ1) is 22.1. The lowest BCUT2D eigenvalue weighted by Gasteiger charge is -2.17. The Kier molecular flexibility index (Phi) is 9.01. The second kappa shape index (κ2) is 9.39. The molecule has 23 heavy (non-hydrogen) atoms. The average Bonchev–Trinajstić information content (AvgIpc) is 2.44. The standard InChI is InChI=1S/C13H20ClN3O4S.ClH/c1-3-4-5-10(8-15)16-22(20,21)12-7-9(2)6-11(13(12)14)17(18)19;/h6-7,10,16H,3-5,8,15H2,1-2H3;1H. The van der Waals surface area contributed by atoms with Gasteiger partial charge in [-0.2, -0.15) is 0 Å². The highest BCUT2D eigenvalue weighted by Gasteiger charge is 2.27. The van der Waals surface area contributed by atoms with Gasteiger partial charge in [0, 0.05) is 18.7 Å². The predicted octanol–water partition coefficient (Wildman–Crippen LogP) is 2.77. The second-order valence-electron chi connectivity index (χ2n) is 5.05. The summed E-state index contributed by atoms with van der Waals surface area (Å²) in [6.07, 6.45) is 2.33. The summed E-state index contributed by atoms with van der Waals surface area (Å²) in [6.45, 7) is 3.70.